The highest BCUT2D eigenvalue weighted by molar-refractivity contribution is 5.78. The molecule has 1 fully saturated rings. The van der Waals surface area contributed by atoms with Gasteiger partial charge in [-0.15, -0.1) is 0 Å². The lowest BCUT2D eigenvalue weighted by Gasteiger charge is -2.20. The summed E-state index contributed by atoms with van der Waals surface area (Å²) in [5.74, 6) is 0.351. The topological polar surface area (TPSA) is 40.5 Å². The number of aliphatic hydroxyl groups excluding tert-OH is 1. The monoisotopic (exact) mass is 157 g/mol. The molecule has 1 heterocycles. The molecular formula is C8H15NO2. The van der Waals surface area contributed by atoms with Gasteiger partial charge in [0.25, 0.3) is 0 Å². The third-order valence-electron chi connectivity index (χ3n) is 2.12. The van der Waals surface area contributed by atoms with E-state index < -0.39 is 0 Å². The van der Waals surface area contributed by atoms with E-state index in [0.29, 0.717) is 6.42 Å². The molecule has 11 heavy (non-hydrogen) atoms. The zero-order valence-corrected chi connectivity index (χ0v) is 7.08. The van der Waals surface area contributed by atoms with Gasteiger partial charge in [0.15, 0.2) is 0 Å². The summed E-state index contributed by atoms with van der Waals surface area (Å²) in [6.45, 7) is 4.86. The number of amides is 1. The highest BCUT2D eigenvalue weighted by Crippen LogP contribution is 2.18. The van der Waals surface area contributed by atoms with Crippen LogP contribution in [0.25, 0.3) is 0 Å². The molecule has 1 rings (SSSR count). The minimum atomic E-state index is 0.134. The fourth-order valence-corrected chi connectivity index (χ4v) is 1.43. The van der Waals surface area contributed by atoms with Crippen molar-refractivity contribution in [2.24, 2.45) is 5.92 Å². The summed E-state index contributed by atoms with van der Waals surface area (Å²) < 4.78 is 0. The summed E-state index contributed by atoms with van der Waals surface area (Å²) in [6, 6.07) is 0.277. The number of carbonyl (C=O) groups excluding carboxylic acids is 1. The predicted molar refractivity (Wildman–Crippen MR) is 42.0 cm³/mol. The number of likely N-dealkylation sites (tertiary alicyclic amines) is 1. The van der Waals surface area contributed by atoms with Crippen LogP contribution in [0.1, 0.15) is 20.3 Å². The van der Waals surface area contributed by atoms with Crippen molar-refractivity contribution in [3.63, 3.8) is 0 Å². The van der Waals surface area contributed by atoms with E-state index >= 15 is 0 Å². The van der Waals surface area contributed by atoms with Gasteiger partial charge in [0.1, 0.15) is 0 Å². The van der Waals surface area contributed by atoms with Crippen LogP contribution in [0.4, 0.5) is 0 Å². The molecule has 1 saturated heterocycles. The molecule has 0 aromatic carbocycles. The van der Waals surface area contributed by atoms with E-state index in [4.69, 9.17) is 5.11 Å². The summed E-state index contributed by atoms with van der Waals surface area (Å²) in [5, 5.41) is 8.80. The van der Waals surface area contributed by atoms with Crippen LogP contribution in [0.2, 0.25) is 0 Å². The van der Waals surface area contributed by atoms with Crippen molar-refractivity contribution in [2.75, 3.05) is 13.2 Å². The van der Waals surface area contributed by atoms with Gasteiger partial charge in [0, 0.05) is 31.5 Å². The van der Waals surface area contributed by atoms with E-state index in [2.05, 4.69) is 0 Å². The fraction of sp³-hybridized carbons (Fsp3) is 0.875. The average Bonchev–Trinajstić information content (AvgIpc) is 2.30. The molecule has 1 amide bonds. The first-order valence-corrected chi connectivity index (χ1v) is 4.05. The Hall–Kier alpha value is -0.570. The minimum absolute atomic E-state index is 0.134. The second-order valence-corrected chi connectivity index (χ2v) is 3.39. The first kappa shape index (κ1) is 8.53. The Labute approximate surface area is 67.0 Å². The highest BCUT2D eigenvalue weighted by atomic mass is 16.3. The number of carbonyl (C=O) groups is 1. The zero-order valence-electron chi connectivity index (χ0n) is 7.08. The van der Waals surface area contributed by atoms with Gasteiger partial charge in [-0.2, -0.15) is 0 Å². The van der Waals surface area contributed by atoms with Gasteiger partial charge in [0.2, 0.25) is 5.91 Å². The van der Waals surface area contributed by atoms with Crippen molar-refractivity contribution < 1.29 is 9.90 Å². The summed E-state index contributed by atoms with van der Waals surface area (Å²) in [5.41, 5.74) is 0. The van der Waals surface area contributed by atoms with E-state index in [9.17, 15) is 4.79 Å². The molecule has 1 atom stereocenters. The number of nitrogens with zero attached hydrogens (tertiary/aromatic N) is 1. The summed E-state index contributed by atoms with van der Waals surface area (Å²) >= 11 is 0. The number of hydrogen-bond donors (Lipinski definition) is 1. The molecule has 0 radical (unpaired) electrons. The van der Waals surface area contributed by atoms with Crippen molar-refractivity contribution in [3.8, 4) is 0 Å². The molecule has 0 aromatic rings. The Morgan fingerprint density at radius 1 is 1.73 bits per heavy atom. The Morgan fingerprint density at radius 2 is 2.36 bits per heavy atom. The van der Waals surface area contributed by atoms with Crippen LogP contribution in [-0.2, 0) is 4.79 Å². The third-order valence-corrected chi connectivity index (χ3v) is 2.12. The lowest BCUT2D eigenvalue weighted by Crippen LogP contribution is -2.32. The highest BCUT2D eigenvalue weighted by Gasteiger charge is 2.30. The second kappa shape index (κ2) is 3.22. The maximum atomic E-state index is 11.2. The van der Waals surface area contributed by atoms with Crippen LogP contribution in [0.15, 0.2) is 0 Å². The van der Waals surface area contributed by atoms with Gasteiger partial charge in [-0.1, -0.05) is 0 Å². The summed E-state index contributed by atoms with van der Waals surface area (Å²) in [4.78, 5) is 13.0. The first-order chi connectivity index (χ1) is 5.15. The van der Waals surface area contributed by atoms with Gasteiger partial charge in [-0.3, -0.25) is 4.79 Å². The van der Waals surface area contributed by atoms with Crippen LogP contribution in [-0.4, -0.2) is 35.1 Å². The number of aliphatic hydroxyl groups is 1. The first-order valence-electron chi connectivity index (χ1n) is 4.05. The molecule has 1 aliphatic rings. The smallest absolute Gasteiger partial charge is 0.223 e. The van der Waals surface area contributed by atoms with E-state index in [1.807, 2.05) is 18.7 Å². The van der Waals surface area contributed by atoms with Crippen LogP contribution in [0.5, 0.6) is 0 Å². The fourth-order valence-electron chi connectivity index (χ4n) is 1.43. The van der Waals surface area contributed by atoms with E-state index in [0.717, 1.165) is 6.54 Å². The van der Waals surface area contributed by atoms with Crippen LogP contribution < -0.4 is 0 Å². The Bertz CT molecular complexity index is 156. The molecule has 1 aliphatic heterocycles. The molecule has 64 valence electrons. The van der Waals surface area contributed by atoms with Crippen molar-refractivity contribution in [1.29, 1.82) is 0 Å². The van der Waals surface area contributed by atoms with Crippen molar-refractivity contribution in [3.05, 3.63) is 0 Å². The molecule has 0 aromatic heterocycles. The Kier molecular flexibility index (Phi) is 2.49. The van der Waals surface area contributed by atoms with E-state index in [1.165, 1.54) is 0 Å². The van der Waals surface area contributed by atoms with Gasteiger partial charge in [-0.05, 0) is 13.8 Å². The molecule has 0 aliphatic carbocycles. The van der Waals surface area contributed by atoms with E-state index in [1.54, 1.807) is 0 Å². The quantitative estimate of drug-likeness (QED) is 0.623. The number of hydrogen-bond acceptors (Lipinski definition) is 2. The SMILES string of the molecule is CC(C)N1C[C@@H](CO)CC1=O. The molecule has 3 nitrogen and oxygen atoms in total. The van der Waals surface area contributed by atoms with Gasteiger partial charge in [0.05, 0.1) is 0 Å². The minimum Gasteiger partial charge on any atom is -0.396 e. The van der Waals surface area contributed by atoms with Crippen molar-refractivity contribution in [1.82, 2.24) is 4.90 Å². The lowest BCUT2D eigenvalue weighted by atomic mass is 10.1. The zero-order chi connectivity index (χ0) is 8.43. The van der Waals surface area contributed by atoms with Crippen LogP contribution in [0, 0.1) is 5.92 Å². The number of rotatable bonds is 2. The molecule has 3 heteroatoms. The Morgan fingerprint density at radius 3 is 2.64 bits per heavy atom. The summed E-state index contributed by atoms with van der Waals surface area (Å²) in [6.07, 6.45) is 0.522. The molecule has 1 N–H and O–H groups in total. The van der Waals surface area contributed by atoms with Gasteiger partial charge in [-0.25, -0.2) is 0 Å². The maximum absolute atomic E-state index is 11.2. The average molecular weight is 157 g/mol. The van der Waals surface area contributed by atoms with E-state index in [-0.39, 0.29) is 24.5 Å². The standard InChI is InChI=1S/C8H15NO2/c1-6(2)9-4-7(5-10)3-8(9)11/h6-7,10H,3-5H2,1-2H3/t7-/m0/s1. The molecule has 0 unspecified atom stereocenters. The third kappa shape index (κ3) is 1.71. The van der Waals surface area contributed by atoms with Crippen molar-refractivity contribution in [2.45, 2.75) is 26.3 Å². The largest absolute Gasteiger partial charge is 0.396 e. The lowest BCUT2D eigenvalue weighted by molar-refractivity contribution is -0.129. The van der Waals surface area contributed by atoms with Crippen LogP contribution >= 0.6 is 0 Å². The molecular weight excluding hydrogens is 142 g/mol. The predicted octanol–water partition coefficient (Wildman–Crippen LogP) is 0.236. The van der Waals surface area contributed by atoms with Crippen molar-refractivity contribution >= 4 is 5.91 Å². The normalized spacial score (nSPS) is 25.3. The Balaban J connectivity index is 2.52. The second-order valence-electron chi connectivity index (χ2n) is 3.39. The molecule has 0 bridgehead atoms. The van der Waals surface area contributed by atoms with Gasteiger partial charge < -0.3 is 10.0 Å². The van der Waals surface area contributed by atoms with Crippen LogP contribution in [0.3, 0.4) is 0 Å². The van der Waals surface area contributed by atoms with Gasteiger partial charge >= 0.3 is 0 Å². The molecule has 0 saturated carbocycles. The summed E-state index contributed by atoms with van der Waals surface area (Å²) in [7, 11) is 0. The maximum Gasteiger partial charge on any atom is 0.223 e. The molecule has 0 spiro atoms.